The molecule has 0 atom stereocenters. The minimum Gasteiger partial charge on any atom is -0.495 e. The first-order valence-electron chi connectivity index (χ1n) is 17.2. The van der Waals surface area contributed by atoms with Crippen LogP contribution in [0.4, 0.5) is 10.6 Å². The van der Waals surface area contributed by atoms with Gasteiger partial charge in [-0.2, -0.15) is 0 Å². The molecule has 1 saturated heterocycles. The lowest BCUT2D eigenvalue weighted by atomic mass is 9.79. The lowest BCUT2D eigenvalue weighted by Crippen LogP contribution is -2.49. The fourth-order valence-electron chi connectivity index (χ4n) is 7.19. The van der Waals surface area contributed by atoms with Gasteiger partial charge in [0, 0.05) is 41.8 Å². The third-order valence-corrected chi connectivity index (χ3v) is 10.3. The molecule has 0 aromatic carbocycles. The van der Waals surface area contributed by atoms with Crippen LogP contribution in [0.2, 0.25) is 0 Å². The molecule has 3 aromatic rings. The molecular weight excluding hydrogens is 598 g/mol. The van der Waals surface area contributed by atoms with Crippen LogP contribution in [-0.2, 0) is 14.3 Å². The second-order valence-electron chi connectivity index (χ2n) is 13.7. The van der Waals surface area contributed by atoms with Crippen LogP contribution < -0.4 is 15.0 Å². The highest BCUT2D eigenvalue weighted by Crippen LogP contribution is 2.41. The molecule has 2 amide bonds. The van der Waals surface area contributed by atoms with E-state index >= 15 is 0 Å². The highest BCUT2D eigenvalue weighted by molar-refractivity contribution is 5.94. The van der Waals surface area contributed by atoms with Gasteiger partial charge in [0.05, 0.1) is 32.1 Å². The maximum Gasteiger partial charge on any atom is 0.407 e. The van der Waals surface area contributed by atoms with Crippen molar-refractivity contribution in [3.63, 3.8) is 0 Å². The molecule has 250 valence electrons. The molecule has 0 radical (unpaired) electrons. The molecule has 4 aliphatic rings. The number of alkyl carbamates (subject to hydrolysis) is 1. The van der Waals surface area contributed by atoms with Crippen LogP contribution in [0, 0.1) is 18.8 Å². The Morgan fingerprint density at radius 2 is 1.72 bits per heavy atom. The van der Waals surface area contributed by atoms with Crippen molar-refractivity contribution in [3.05, 3.63) is 54.0 Å². The minimum atomic E-state index is -0.399. The molecule has 47 heavy (non-hydrogen) atoms. The Balaban J connectivity index is 1.03. The lowest BCUT2D eigenvalue weighted by Gasteiger charge is -2.35. The smallest absolute Gasteiger partial charge is 0.407 e. The second kappa shape index (κ2) is 14.0. The highest BCUT2D eigenvalue weighted by Gasteiger charge is 2.35. The molecule has 0 bridgehead atoms. The van der Waals surface area contributed by atoms with Gasteiger partial charge < -0.3 is 23.9 Å². The van der Waals surface area contributed by atoms with Gasteiger partial charge in [-0.3, -0.25) is 14.7 Å². The Morgan fingerprint density at radius 3 is 2.40 bits per heavy atom. The summed E-state index contributed by atoms with van der Waals surface area (Å²) in [6.07, 6.45) is 11.9. The van der Waals surface area contributed by atoms with Crippen molar-refractivity contribution >= 4 is 17.8 Å². The first-order chi connectivity index (χ1) is 22.9. The van der Waals surface area contributed by atoms with Gasteiger partial charge >= 0.3 is 6.09 Å². The Morgan fingerprint density at radius 1 is 0.957 bits per heavy atom. The maximum atomic E-state index is 14.3. The van der Waals surface area contributed by atoms with E-state index in [4.69, 9.17) is 33.6 Å². The molecule has 4 fully saturated rings. The summed E-state index contributed by atoms with van der Waals surface area (Å²) in [5.41, 5.74) is 3.71. The summed E-state index contributed by atoms with van der Waals surface area (Å²) in [5, 5.41) is 2.84. The molecule has 3 aliphatic carbocycles. The Labute approximate surface area is 275 Å². The number of hydrogen-bond donors (Lipinski definition) is 1. The van der Waals surface area contributed by atoms with Crippen molar-refractivity contribution in [2.75, 3.05) is 31.8 Å². The van der Waals surface area contributed by atoms with Crippen LogP contribution in [0.25, 0.3) is 11.3 Å². The number of pyridine rings is 2. The first-order valence-corrected chi connectivity index (χ1v) is 17.2. The molecule has 11 heteroatoms. The number of oxazole rings is 1. The Bertz CT molecular complexity index is 1550. The molecular formula is C36H45N5O6. The van der Waals surface area contributed by atoms with Crippen molar-refractivity contribution in [1.29, 1.82) is 0 Å². The summed E-state index contributed by atoms with van der Waals surface area (Å²) in [6, 6.07) is 8.04. The van der Waals surface area contributed by atoms with Gasteiger partial charge in [-0.1, -0.05) is 0 Å². The van der Waals surface area contributed by atoms with Crippen molar-refractivity contribution < 1.29 is 28.2 Å². The van der Waals surface area contributed by atoms with Gasteiger partial charge in [0.2, 0.25) is 5.91 Å². The summed E-state index contributed by atoms with van der Waals surface area (Å²) in [4.78, 5) is 42.8. The van der Waals surface area contributed by atoms with Gasteiger partial charge in [0.1, 0.15) is 29.6 Å². The van der Waals surface area contributed by atoms with E-state index in [9.17, 15) is 9.59 Å². The molecule has 3 saturated carbocycles. The van der Waals surface area contributed by atoms with Crippen molar-refractivity contribution in [2.24, 2.45) is 11.8 Å². The SMILES string of the molecule is COc1ccc(C2CCC(CN(C(=O)C3CCC(OC(=O)NC4COC4)CC3)c3cc(-c4coc(C5CC5)n4)ccn3)CC2)nc1C. The fourth-order valence-corrected chi connectivity index (χ4v) is 7.19. The van der Waals surface area contributed by atoms with Gasteiger partial charge in [0.25, 0.3) is 0 Å². The second-order valence-corrected chi connectivity index (χ2v) is 13.7. The lowest BCUT2D eigenvalue weighted by molar-refractivity contribution is -0.124. The maximum absolute atomic E-state index is 14.3. The van der Waals surface area contributed by atoms with Crippen LogP contribution in [0.5, 0.6) is 5.75 Å². The van der Waals surface area contributed by atoms with E-state index in [0.29, 0.717) is 69.0 Å². The zero-order chi connectivity index (χ0) is 32.3. The molecule has 1 N–H and O–H groups in total. The van der Waals surface area contributed by atoms with Gasteiger partial charge in [-0.15, -0.1) is 0 Å². The minimum absolute atomic E-state index is 0.0291. The summed E-state index contributed by atoms with van der Waals surface area (Å²) >= 11 is 0. The van der Waals surface area contributed by atoms with Crippen LogP contribution in [-0.4, -0.2) is 66.0 Å². The summed E-state index contributed by atoms with van der Waals surface area (Å²) in [7, 11) is 1.68. The normalized spacial score (nSPS) is 24.6. The van der Waals surface area contributed by atoms with E-state index in [0.717, 1.165) is 72.8 Å². The zero-order valence-corrected chi connectivity index (χ0v) is 27.4. The van der Waals surface area contributed by atoms with E-state index in [1.165, 1.54) is 0 Å². The number of nitrogens with one attached hydrogen (secondary N) is 1. The van der Waals surface area contributed by atoms with Crippen LogP contribution in [0.1, 0.15) is 93.3 Å². The topological polar surface area (TPSA) is 129 Å². The average Bonchev–Trinajstić information content (AvgIpc) is 3.81. The standard InChI is InChI=1S/C36H45N5O6/c1-22-32(44-2)14-13-30(38-22)24-5-3-23(4-6-24)18-41(33-17-27(15-16-37-33)31-21-46-34(40-31)25-7-8-25)35(42)26-9-11-29(12-10-26)47-36(43)39-28-19-45-20-28/h13-17,21,23-26,28-29H,3-12,18-20H2,1-2H3,(H,39,43). The molecule has 0 spiro atoms. The van der Waals surface area contributed by atoms with Gasteiger partial charge in [-0.05, 0) is 101 Å². The molecule has 4 heterocycles. The largest absolute Gasteiger partial charge is 0.495 e. The third kappa shape index (κ3) is 7.45. The predicted octanol–water partition coefficient (Wildman–Crippen LogP) is 6.32. The van der Waals surface area contributed by atoms with Crippen LogP contribution in [0.3, 0.4) is 0 Å². The monoisotopic (exact) mass is 643 g/mol. The molecule has 7 rings (SSSR count). The Kier molecular flexibility index (Phi) is 9.42. The fraction of sp³-hybridized carbons (Fsp3) is 0.583. The number of hydrogen-bond acceptors (Lipinski definition) is 9. The van der Waals surface area contributed by atoms with Gasteiger partial charge in [-0.25, -0.2) is 14.8 Å². The number of aromatic nitrogens is 3. The molecule has 3 aromatic heterocycles. The van der Waals surface area contributed by atoms with E-state index in [1.54, 1.807) is 19.6 Å². The number of methoxy groups -OCH3 is 1. The number of ether oxygens (including phenoxy) is 3. The number of amides is 2. The molecule has 1 aliphatic heterocycles. The van der Waals surface area contributed by atoms with Crippen molar-refractivity contribution in [3.8, 4) is 17.0 Å². The van der Waals surface area contributed by atoms with Crippen LogP contribution in [0.15, 0.2) is 41.1 Å². The Hall–Kier alpha value is -3.99. The predicted molar refractivity (Wildman–Crippen MR) is 174 cm³/mol. The quantitative estimate of drug-likeness (QED) is 0.270. The number of aryl methyl sites for hydroxylation is 1. The number of nitrogens with zero attached hydrogens (tertiary/aromatic N) is 4. The zero-order valence-electron chi connectivity index (χ0n) is 27.4. The third-order valence-electron chi connectivity index (χ3n) is 10.3. The molecule has 0 unspecified atom stereocenters. The summed E-state index contributed by atoms with van der Waals surface area (Å²) < 4.78 is 22.0. The number of carbonyl (C=O) groups excluding carboxylic acids is 2. The number of carbonyl (C=O) groups is 2. The average molecular weight is 644 g/mol. The highest BCUT2D eigenvalue weighted by atomic mass is 16.6. The number of rotatable bonds is 10. The van der Waals surface area contributed by atoms with E-state index < -0.39 is 6.09 Å². The molecule has 11 nitrogen and oxygen atoms in total. The van der Waals surface area contributed by atoms with Crippen molar-refractivity contribution in [2.45, 2.75) is 95.1 Å². The number of anilines is 1. The summed E-state index contributed by atoms with van der Waals surface area (Å²) in [6.45, 7) is 3.66. The van der Waals surface area contributed by atoms with Crippen molar-refractivity contribution in [1.82, 2.24) is 20.3 Å². The van der Waals surface area contributed by atoms with Gasteiger partial charge in [0.15, 0.2) is 5.89 Å². The van der Waals surface area contributed by atoms with Crippen LogP contribution >= 0.6 is 0 Å². The van der Waals surface area contributed by atoms with E-state index in [2.05, 4.69) is 11.4 Å². The first kappa shape index (κ1) is 31.6. The van der Waals surface area contributed by atoms with E-state index in [1.807, 2.05) is 30.0 Å². The van der Waals surface area contributed by atoms with E-state index in [-0.39, 0.29) is 24.0 Å². The summed E-state index contributed by atoms with van der Waals surface area (Å²) in [5.74, 6) is 3.38.